The molecule has 182 valence electrons. The van der Waals surface area contributed by atoms with Gasteiger partial charge in [-0.05, 0) is 110 Å². The van der Waals surface area contributed by atoms with Crippen molar-refractivity contribution < 1.29 is 13.9 Å². The smallest absolute Gasteiger partial charge is 0.335 e. The highest BCUT2D eigenvalue weighted by molar-refractivity contribution is 5.75. The van der Waals surface area contributed by atoms with Gasteiger partial charge in [-0.3, -0.25) is 4.79 Å². The molecule has 33 heavy (non-hydrogen) atoms. The Labute approximate surface area is 197 Å². The van der Waals surface area contributed by atoms with Gasteiger partial charge in [0.05, 0.1) is 6.26 Å². The van der Waals surface area contributed by atoms with Gasteiger partial charge in [-0.15, -0.1) is 0 Å². The van der Waals surface area contributed by atoms with Crippen LogP contribution in [0.3, 0.4) is 0 Å². The van der Waals surface area contributed by atoms with Crippen molar-refractivity contribution in [3.05, 3.63) is 34.4 Å². The first-order valence-electron chi connectivity index (χ1n) is 13.5. The second kappa shape index (κ2) is 9.56. The van der Waals surface area contributed by atoms with Crippen LogP contribution in [0, 0.1) is 41.4 Å². The van der Waals surface area contributed by atoms with E-state index in [1.807, 2.05) is 6.07 Å². The van der Waals surface area contributed by atoms with Crippen LogP contribution in [-0.2, 0) is 9.53 Å². The Hall–Kier alpha value is -1.62. The summed E-state index contributed by atoms with van der Waals surface area (Å²) in [6.45, 7) is 4.16. The fraction of sp³-hybridized carbons (Fsp3) is 0.786. The third-order valence-corrected chi connectivity index (χ3v) is 9.61. The zero-order valence-electron chi connectivity index (χ0n) is 20.3. The molecule has 4 saturated carbocycles. The molecule has 9 unspecified atom stereocenters. The van der Waals surface area contributed by atoms with E-state index in [0.29, 0.717) is 24.2 Å². The topological polar surface area (TPSA) is 82.5 Å². The van der Waals surface area contributed by atoms with Gasteiger partial charge in [-0.2, -0.15) is 0 Å². The maximum absolute atomic E-state index is 12.7. The molecule has 0 radical (unpaired) electrons. The van der Waals surface area contributed by atoms with Gasteiger partial charge < -0.3 is 14.9 Å². The summed E-state index contributed by atoms with van der Waals surface area (Å²) in [6, 6.07) is 2.95. The highest BCUT2D eigenvalue weighted by Crippen LogP contribution is 2.60. The number of carbonyl (C=O) groups is 1. The largest absolute Gasteiger partial charge is 0.461 e. The standard InChI is InChI=1S/C28H41NO4/c1-16(2)12-25(29)28(31)33-20-13-18-7-9-22-21-5-3-4-17(21)6-10-23(22)27(18)24(14-20)19-8-11-26(30)32-15-19/h8,11,15-18,20-25,27H,3-7,9-10,12-14,29H2,1-2H3. The van der Waals surface area contributed by atoms with E-state index in [1.165, 1.54) is 44.9 Å². The summed E-state index contributed by atoms with van der Waals surface area (Å²) in [5.41, 5.74) is 6.94. The summed E-state index contributed by atoms with van der Waals surface area (Å²) in [6.07, 6.45) is 13.5. The monoisotopic (exact) mass is 455 g/mol. The molecule has 0 spiro atoms. The predicted octanol–water partition coefficient (Wildman–Crippen LogP) is 5.27. The van der Waals surface area contributed by atoms with Crippen molar-refractivity contribution in [2.75, 3.05) is 0 Å². The third kappa shape index (κ3) is 4.67. The summed E-state index contributed by atoms with van der Waals surface area (Å²) in [5, 5.41) is 0. The summed E-state index contributed by atoms with van der Waals surface area (Å²) < 4.78 is 11.3. The minimum absolute atomic E-state index is 0.103. The lowest BCUT2D eigenvalue weighted by molar-refractivity contribution is -0.157. The molecule has 9 atom stereocenters. The molecule has 4 aliphatic rings. The Morgan fingerprint density at radius 2 is 1.82 bits per heavy atom. The number of fused-ring (bicyclic) bond motifs is 5. The Bertz CT molecular complexity index is 874. The molecule has 1 aromatic heterocycles. The first-order valence-corrected chi connectivity index (χ1v) is 13.5. The molecule has 5 nitrogen and oxygen atoms in total. The SMILES string of the molecule is CC(C)CC(N)C(=O)OC1CC2CCC3C4CCCC4CCC3C2C(c2ccc(=O)oc2)C1. The molecule has 1 aromatic rings. The molecule has 0 aliphatic heterocycles. The van der Waals surface area contributed by atoms with Crippen LogP contribution >= 0.6 is 0 Å². The number of carbonyl (C=O) groups excluding carboxylic acids is 1. The van der Waals surface area contributed by atoms with E-state index in [0.717, 1.165) is 42.1 Å². The van der Waals surface area contributed by atoms with Gasteiger partial charge in [0.15, 0.2) is 0 Å². The number of ether oxygens (including phenoxy) is 1. The lowest BCUT2D eigenvalue weighted by Crippen LogP contribution is -2.49. The normalized spacial score (nSPS) is 38.8. The Morgan fingerprint density at radius 3 is 2.58 bits per heavy atom. The van der Waals surface area contributed by atoms with Crippen LogP contribution in [0.2, 0.25) is 0 Å². The molecule has 5 heteroatoms. The van der Waals surface area contributed by atoms with Gasteiger partial charge >= 0.3 is 11.6 Å². The van der Waals surface area contributed by atoms with Crippen LogP contribution in [0.5, 0.6) is 0 Å². The second-order valence-corrected chi connectivity index (χ2v) is 11.9. The van der Waals surface area contributed by atoms with Crippen LogP contribution in [0.4, 0.5) is 0 Å². The van der Waals surface area contributed by atoms with E-state index >= 15 is 0 Å². The molecule has 0 saturated heterocycles. The number of hydrogen-bond acceptors (Lipinski definition) is 5. The number of esters is 1. The lowest BCUT2D eigenvalue weighted by atomic mass is 9.50. The zero-order chi connectivity index (χ0) is 23.1. The first-order chi connectivity index (χ1) is 15.9. The van der Waals surface area contributed by atoms with Crippen molar-refractivity contribution in [1.82, 2.24) is 0 Å². The van der Waals surface area contributed by atoms with Crippen molar-refractivity contribution in [1.29, 1.82) is 0 Å². The summed E-state index contributed by atoms with van der Waals surface area (Å²) in [7, 11) is 0. The number of rotatable bonds is 5. The van der Waals surface area contributed by atoms with Gasteiger partial charge in [-0.25, -0.2) is 4.79 Å². The van der Waals surface area contributed by atoms with E-state index in [1.54, 1.807) is 12.3 Å². The lowest BCUT2D eigenvalue weighted by Gasteiger charge is -2.55. The fourth-order valence-corrected chi connectivity index (χ4v) is 8.45. The highest BCUT2D eigenvalue weighted by atomic mass is 16.5. The van der Waals surface area contributed by atoms with Gasteiger partial charge in [-0.1, -0.05) is 26.7 Å². The minimum atomic E-state index is -0.552. The molecule has 0 amide bonds. The van der Waals surface area contributed by atoms with E-state index in [9.17, 15) is 9.59 Å². The zero-order valence-corrected chi connectivity index (χ0v) is 20.3. The van der Waals surface area contributed by atoms with Gasteiger partial charge in [0, 0.05) is 6.07 Å². The molecule has 5 rings (SSSR count). The molecule has 0 aromatic carbocycles. The average Bonchev–Trinajstić information content (AvgIpc) is 3.27. The van der Waals surface area contributed by atoms with Crippen molar-refractivity contribution >= 4 is 5.97 Å². The highest BCUT2D eigenvalue weighted by Gasteiger charge is 2.53. The van der Waals surface area contributed by atoms with Gasteiger partial charge in [0.2, 0.25) is 0 Å². The average molecular weight is 456 g/mol. The van der Waals surface area contributed by atoms with E-state index in [2.05, 4.69) is 13.8 Å². The molecular formula is C28H41NO4. The van der Waals surface area contributed by atoms with E-state index < -0.39 is 6.04 Å². The predicted molar refractivity (Wildman–Crippen MR) is 128 cm³/mol. The fourth-order valence-electron chi connectivity index (χ4n) is 8.45. The van der Waals surface area contributed by atoms with Gasteiger partial charge in [0.1, 0.15) is 12.1 Å². The van der Waals surface area contributed by atoms with Crippen molar-refractivity contribution in [2.24, 2.45) is 47.2 Å². The van der Waals surface area contributed by atoms with Crippen LogP contribution in [0.25, 0.3) is 0 Å². The quantitative estimate of drug-likeness (QED) is 0.612. The van der Waals surface area contributed by atoms with E-state index in [-0.39, 0.29) is 23.6 Å². The first kappa shape index (κ1) is 23.1. The molecule has 0 bridgehead atoms. The molecule has 4 fully saturated rings. The van der Waals surface area contributed by atoms with E-state index in [4.69, 9.17) is 14.9 Å². The molecular weight excluding hydrogens is 414 g/mol. The molecule has 4 aliphatic carbocycles. The van der Waals surface area contributed by atoms with Crippen LogP contribution in [0.1, 0.15) is 89.5 Å². The number of nitrogens with two attached hydrogens (primary N) is 1. The summed E-state index contributed by atoms with van der Waals surface area (Å²) >= 11 is 0. The minimum Gasteiger partial charge on any atom is -0.461 e. The van der Waals surface area contributed by atoms with Crippen LogP contribution in [-0.4, -0.2) is 18.1 Å². The summed E-state index contributed by atoms with van der Waals surface area (Å²) in [4.78, 5) is 24.4. The van der Waals surface area contributed by atoms with Crippen LogP contribution in [0.15, 0.2) is 27.6 Å². The van der Waals surface area contributed by atoms with Crippen molar-refractivity contribution in [3.63, 3.8) is 0 Å². The Balaban J connectivity index is 1.38. The molecule has 2 N–H and O–H groups in total. The number of hydrogen-bond donors (Lipinski definition) is 1. The third-order valence-electron chi connectivity index (χ3n) is 9.61. The van der Waals surface area contributed by atoms with Gasteiger partial charge in [0.25, 0.3) is 0 Å². The maximum atomic E-state index is 12.7. The second-order valence-electron chi connectivity index (χ2n) is 11.9. The Kier molecular flexibility index (Phi) is 6.70. The molecule has 1 heterocycles. The summed E-state index contributed by atoms with van der Waals surface area (Å²) in [5.74, 6) is 5.02. The Morgan fingerprint density at radius 1 is 1.03 bits per heavy atom. The maximum Gasteiger partial charge on any atom is 0.335 e. The van der Waals surface area contributed by atoms with Crippen molar-refractivity contribution in [3.8, 4) is 0 Å². The van der Waals surface area contributed by atoms with Crippen molar-refractivity contribution in [2.45, 2.75) is 96.1 Å². The van der Waals surface area contributed by atoms with Crippen LogP contribution < -0.4 is 11.4 Å².